The van der Waals surface area contributed by atoms with E-state index in [-0.39, 0.29) is 12.5 Å². The Morgan fingerprint density at radius 3 is 2.15 bits per heavy atom. The molecule has 0 saturated carbocycles. The molecule has 178 valence electrons. The largest absolute Gasteiger partial charge is 0.463 e. The van der Waals surface area contributed by atoms with Gasteiger partial charge in [-0.1, -0.05) is 16.9 Å². The lowest BCUT2D eigenvalue weighted by molar-refractivity contribution is -0.201. The average molecular weight is 480 g/mol. The maximum Gasteiger partial charge on any atom is 0.303 e. The van der Waals surface area contributed by atoms with E-state index in [2.05, 4.69) is 15.3 Å². The van der Waals surface area contributed by atoms with Crippen molar-refractivity contribution in [2.75, 3.05) is 11.9 Å². The Hall–Kier alpha value is -3.28. The van der Waals surface area contributed by atoms with Crippen LogP contribution < -0.4 is 5.32 Å². The first-order valence-electron chi connectivity index (χ1n) is 9.82. The molecule has 1 heterocycles. The van der Waals surface area contributed by atoms with E-state index in [1.54, 1.807) is 24.3 Å². The van der Waals surface area contributed by atoms with Gasteiger partial charge in [0.1, 0.15) is 36.4 Å². The Bertz CT molecular complexity index is 934. The van der Waals surface area contributed by atoms with Crippen LogP contribution in [0.25, 0.3) is 10.4 Å². The van der Waals surface area contributed by atoms with Gasteiger partial charge >= 0.3 is 17.9 Å². The van der Waals surface area contributed by atoms with E-state index in [1.807, 2.05) is 0 Å². The fourth-order valence-electron chi connectivity index (χ4n) is 3.12. The Labute approximate surface area is 193 Å². The smallest absolute Gasteiger partial charge is 0.303 e. The summed E-state index contributed by atoms with van der Waals surface area (Å²) in [4.78, 5) is 49.5. The molecule has 0 aromatic heterocycles. The molecule has 0 spiro atoms. The van der Waals surface area contributed by atoms with Gasteiger partial charge in [-0.05, 0) is 29.8 Å². The second-order valence-electron chi connectivity index (χ2n) is 7.01. The molecule has 1 aromatic carbocycles. The zero-order valence-corrected chi connectivity index (χ0v) is 19.2. The minimum Gasteiger partial charge on any atom is -0.463 e. The van der Waals surface area contributed by atoms with E-state index in [4.69, 9.17) is 24.5 Å². The molecule has 1 saturated heterocycles. The Kier molecular flexibility index (Phi) is 9.52. The van der Waals surface area contributed by atoms with Crippen molar-refractivity contribution in [2.24, 2.45) is 5.11 Å². The first kappa shape index (κ1) is 26.0. The van der Waals surface area contributed by atoms with Crippen LogP contribution in [-0.4, -0.2) is 60.2 Å². The van der Waals surface area contributed by atoms with Gasteiger partial charge < -0.3 is 24.3 Å². The standard InChI is InChI=1S/C20H24N4O8S/c1-10(25)22-14-5-7-15(8-6-14)33-20-19(31-13(4)28)17(23-24-21)18(30-12(3)27)16(32-20)9-29-11(2)26/h5-8,16-20H,9H2,1-4H3,(H,22,25)/t16-,17+,18+,19-,20-/m1/s1. The topological polar surface area (TPSA) is 166 Å². The summed E-state index contributed by atoms with van der Waals surface area (Å²) in [6.45, 7) is 4.66. The lowest BCUT2D eigenvalue weighted by Gasteiger charge is -2.43. The van der Waals surface area contributed by atoms with E-state index in [1.165, 1.54) is 20.8 Å². The fourth-order valence-corrected chi connectivity index (χ4v) is 4.23. The summed E-state index contributed by atoms with van der Waals surface area (Å²) < 4.78 is 21.8. The van der Waals surface area contributed by atoms with Crippen LogP contribution in [0, 0.1) is 0 Å². The maximum atomic E-state index is 11.8. The summed E-state index contributed by atoms with van der Waals surface area (Å²) in [7, 11) is 0. The van der Waals surface area contributed by atoms with Crippen molar-refractivity contribution in [1.82, 2.24) is 0 Å². The van der Waals surface area contributed by atoms with Gasteiger partial charge in [0.05, 0.1) is 0 Å². The predicted molar refractivity (Wildman–Crippen MR) is 116 cm³/mol. The Morgan fingerprint density at radius 2 is 1.64 bits per heavy atom. The number of anilines is 1. The quantitative estimate of drug-likeness (QED) is 0.193. The maximum absolute atomic E-state index is 11.8. The third-order valence-corrected chi connectivity index (χ3v) is 5.44. The Morgan fingerprint density at radius 1 is 1.03 bits per heavy atom. The van der Waals surface area contributed by atoms with E-state index in [0.29, 0.717) is 10.6 Å². The molecule has 5 atom stereocenters. The third-order valence-electron chi connectivity index (χ3n) is 4.28. The predicted octanol–water partition coefficient (Wildman–Crippen LogP) is 2.57. The van der Waals surface area contributed by atoms with Gasteiger partial charge in [0.25, 0.3) is 0 Å². The van der Waals surface area contributed by atoms with Crippen molar-refractivity contribution in [2.45, 2.75) is 62.4 Å². The van der Waals surface area contributed by atoms with E-state index in [0.717, 1.165) is 18.7 Å². The van der Waals surface area contributed by atoms with Crippen LogP contribution in [0.15, 0.2) is 34.3 Å². The number of amides is 1. The molecule has 1 amide bonds. The number of hydrogen-bond donors (Lipinski definition) is 1. The molecule has 0 bridgehead atoms. The first-order chi connectivity index (χ1) is 15.6. The number of nitrogens with zero attached hydrogens (tertiary/aromatic N) is 3. The molecule has 1 fully saturated rings. The number of azide groups is 1. The van der Waals surface area contributed by atoms with Crippen LogP contribution in [0.5, 0.6) is 0 Å². The number of nitrogens with one attached hydrogen (secondary N) is 1. The second kappa shape index (κ2) is 12.1. The van der Waals surface area contributed by atoms with Crippen LogP contribution in [0.2, 0.25) is 0 Å². The van der Waals surface area contributed by atoms with Crippen molar-refractivity contribution >= 4 is 41.3 Å². The van der Waals surface area contributed by atoms with Crippen molar-refractivity contribution in [3.8, 4) is 0 Å². The number of rotatable bonds is 8. The minimum atomic E-state index is -1.17. The van der Waals surface area contributed by atoms with Gasteiger partial charge in [0.15, 0.2) is 0 Å². The minimum absolute atomic E-state index is 0.219. The SMILES string of the molecule is CC(=O)Nc1ccc(S[C@H]2O[C@H](COC(C)=O)[C@H](OC(C)=O)[C@H](N=[N+]=[N-])[C@H]2OC(C)=O)cc1. The first-order valence-corrected chi connectivity index (χ1v) is 10.7. The molecule has 1 N–H and O–H groups in total. The van der Waals surface area contributed by atoms with Crippen LogP contribution in [-0.2, 0) is 38.1 Å². The highest BCUT2D eigenvalue weighted by Gasteiger charge is 2.50. The molecular weight excluding hydrogens is 456 g/mol. The van der Waals surface area contributed by atoms with Crippen molar-refractivity contribution in [1.29, 1.82) is 0 Å². The van der Waals surface area contributed by atoms with Crippen molar-refractivity contribution < 1.29 is 38.1 Å². The molecule has 33 heavy (non-hydrogen) atoms. The molecule has 0 radical (unpaired) electrons. The number of carbonyl (C=O) groups is 4. The molecule has 0 aliphatic carbocycles. The zero-order valence-electron chi connectivity index (χ0n) is 18.4. The monoisotopic (exact) mass is 480 g/mol. The second-order valence-corrected chi connectivity index (χ2v) is 8.18. The number of hydrogen-bond acceptors (Lipinski definition) is 10. The number of esters is 3. The average Bonchev–Trinajstić information content (AvgIpc) is 2.71. The summed E-state index contributed by atoms with van der Waals surface area (Å²) in [6, 6.07) is 5.64. The Balaban J connectivity index is 2.38. The van der Waals surface area contributed by atoms with E-state index in [9.17, 15) is 19.2 Å². The van der Waals surface area contributed by atoms with Crippen molar-refractivity contribution in [3.63, 3.8) is 0 Å². The summed E-state index contributed by atoms with van der Waals surface area (Å²) in [5.74, 6) is -2.15. The molecule has 12 nitrogen and oxygen atoms in total. The highest BCUT2D eigenvalue weighted by Crippen LogP contribution is 2.37. The lowest BCUT2D eigenvalue weighted by Crippen LogP contribution is -2.59. The summed E-state index contributed by atoms with van der Waals surface area (Å²) >= 11 is 1.15. The van der Waals surface area contributed by atoms with Gasteiger partial charge in [-0.3, -0.25) is 19.2 Å². The van der Waals surface area contributed by atoms with E-state index >= 15 is 0 Å². The highest BCUT2D eigenvalue weighted by molar-refractivity contribution is 7.99. The number of ether oxygens (including phenoxy) is 4. The molecule has 1 aliphatic heterocycles. The molecule has 1 aliphatic rings. The van der Waals surface area contributed by atoms with Gasteiger partial charge in [-0.25, -0.2) is 0 Å². The van der Waals surface area contributed by atoms with Crippen LogP contribution in [0.1, 0.15) is 27.7 Å². The van der Waals surface area contributed by atoms with Crippen LogP contribution in [0.4, 0.5) is 5.69 Å². The zero-order chi connectivity index (χ0) is 24.5. The summed E-state index contributed by atoms with van der Waals surface area (Å²) in [5.41, 5.74) is 8.80. The van der Waals surface area contributed by atoms with Gasteiger partial charge in [0.2, 0.25) is 5.91 Å². The van der Waals surface area contributed by atoms with E-state index < -0.39 is 47.7 Å². The highest BCUT2D eigenvalue weighted by atomic mass is 32.2. The van der Waals surface area contributed by atoms with Gasteiger partial charge in [0, 0.05) is 43.2 Å². The normalized spacial score (nSPS) is 24.1. The number of benzene rings is 1. The molecule has 0 unspecified atom stereocenters. The molecular formula is C20H24N4O8S. The summed E-state index contributed by atoms with van der Waals surface area (Å²) in [6.07, 6.45) is -3.27. The number of carbonyl (C=O) groups excluding carboxylic acids is 4. The van der Waals surface area contributed by atoms with Crippen LogP contribution in [0.3, 0.4) is 0 Å². The third kappa shape index (κ3) is 7.97. The molecule has 1 aromatic rings. The lowest BCUT2D eigenvalue weighted by atomic mass is 9.97. The van der Waals surface area contributed by atoms with Crippen molar-refractivity contribution in [3.05, 3.63) is 34.7 Å². The van der Waals surface area contributed by atoms with Crippen LogP contribution >= 0.6 is 11.8 Å². The van der Waals surface area contributed by atoms with Gasteiger partial charge in [-0.2, -0.15) is 0 Å². The summed E-state index contributed by atoms with van der Waals surface area (Å²) in [5, 5.41) is 6.37. The fraction of sp³-hybridized carbons (Fsp3) is 0.500. The molecule has 2 rings (SSSR count). The number of thioether (sulfide) groups is 1. The van der Waals surface area contributed by atoms with Gasteiger partial charge in [-0.15, -0.1) is 0 Å². The molecule has 13 heteroatoms.